The van der Waals surface area contributed by atoms with Crippen molar-refractivity contribution in [2.75, 3.05) is 0 Å². The number of furan rings is 2. The average Bonchev–Trinajstić information content (AvgIpc) is 2.98. The molecule has 0 aliphatic carbocycles. The number of hydrogen-bond acceptors (Lipinski definition) is 5. The summed E-state index contributed by atoms with van der Waals surface area (Å²) in [6.45, 7) is -0.217. The summed E-state index contributed by atoms with van der Waals surface area (Å²) < 4.78 is 35.6. The van der Waals surface area contributed by atoms with Gasteiger partial charge >= 0.3 is 0 Å². The highest BCUT2D eigenvalue weighted by Crippen LogP contribution is 2.14. The highest BCUT2D eigenvalue weighted by Gasteiger charge is 2.18. The lowest BCUT2D eigenvalue weighted by atomic mass is 10.4. The second-order valence-corrected chi connectivity index (χ2v) is 5.03. The fraction of sp³-hybridized carbons (Fsp3) is 0.200. The highest BCUT2D eigenvalue weighted by atomic mass is 32.2. The van der Waals surface area contributed by atoms with Crippen LogP contribution in [0.15, 0.2) is 44.7 Å². The average molecular weight is 257 g/mol. The first-order valence-corrected chi connectivity index (χ1v) is 6.30. The molecule has 0 saturated carbocycles. The summed E-state index contributed by atoms with van der Waals surface area (Å²) >= 11 is 0. The van der Waals surface area contributed by atoms with Crippen LogP contribution in [-0.4, -0.2) is 13.5 Å². The zero-order valence-corrected chi connectivity index (χ0v) is 9.61. The largest absolute Gasteiger partial charge is 0.472 e. The molecule has 2 heterocycles. The molecule has 0 spiro atoms. The van der Waals surface area contributed by atoms with E-state index in [1.54, 1.807) is 6.07 Å². The smallest absolute Gasteiger partial charge is 0.274 e. The standard InChI is InChI=1S/C10H11NO5S/c12-6-9-1-2-10(16-9)17(13,14)11-5-8-3-4-15-7-8/h1-4,7,11-12H,5-6H2. The van der Waals surface area contributed by atoms with Crippen molar-refractivity contribution in [3.05, 3.63) is 42.0 Å². The van der Waals surface area contributed by atoms with E-state index < -0.39 is 10.0 Å². The summed E-state index contributed by atoms with van der Waals surface area (Å²) in [5.74, 6) is 0.202. The molecule has 0 radical (unpaired) electrons. The van der Waals surface area contributed by atoms with E-state index >= 15 is 0 Å². The monoisotopic (exact) mass is 257 g/mol. The zero-order valence-electron chi connectivity index (χ0n) is 8.79. The number of nitrogens with one attached hydrogen (secondary N) is 1. The summed E-state index contributed by atoms with van der Waals surface area (Å²) in [6.07, 6.45) is 2.91. The van der Waals surface area contributed by atoms with Crippen LogP contribution in [0.2, 0.25) is 0 Å². The van der Waals surface area contributed by atoms with Crippen LogP contribution in [0.5, 0.6) is 0 Å². The summed E-state index contributed by atoms with van der Waals surface area (Å²) in [6, 6.07) is 4.36. The van der Waals surface area contributed by atoms with Gasteiger partial charge in [-0.3, -0.25) is 0 Å². The van der Waals surface area contributed by atoms with Gasteiger partial charge in [-0.2, -0.15) is 0 Å². The van der Waals surface area contributed by atoms with Crippen molar-refractivity contribution >= 4 is 10.0 Å². The third kappa shape index (κ3) is 2.76. The third-order valence-electron chi connectivity index (χ3n) is 2.10. The first-order valence-electron chi connectivity index (χ1n) is 4.82. The summed E-state index contributed by atoms with van der Waals surface area (Å²) in [5, 5.41) is 8.56. The minimum atomic E-state index is -3.70. The van der Waals surface area contributed by atoms with Gasteiger partial charge in [-0.25, -0.2) is 13.1 Å². The molecular weight excluding hydrogens is 246 g/mol. The molecule has 2 aromatic rings. The third-order valence-corrected chi connectivity index (χ3v) is 3.38. The van der Waals surface area contributed by atoms with E-state index in [0.29, 0.717) is 5.56 Å². The van der Waals surface area contributed by atoms with Crippen LogP contribution in [0.4, 0.5) is 0 Å². The zero-order chi connectivity index (χ0) is 12.3. The number of sulfonamides is 1. The molecule has 2 aromatic heterocycles. The summed E-state index contributed by atoms with van der Waals surface area (Å²) in [7, 11) is -3.70. The minimum absolute atomic E-state index is 0.119. The van der Waals surface area contributed by atoms with Crippen LogP contribution in [0, 0.1) is 0 Å². The Morgan fingerprint density at radius 3 is 2.71 bits per heavy atom. The van der Waals surface area contributed by atoms with Crippen LogP contribution in [0.3, 0.4) is 0 Å². The molecule has 17 heavy (non-hydrogen) atoms. The Kier molecular flexibility index (Phi) is 3.32. The van der Waals surface area contributed by atoms with Crippen LogP contribution in [0.1, 0.15) is 11.3 Å². The molecule has 6 nitrogen and oxygen atoms in total. The van der Waals surface area contributed by atoms with E-state index in [9.17, 15) is 8.42 Å². The van der Waals surface area contributed by atoms with Gasteiger partial charge < -0.3 is 13.9 Å². The van der Waals surface area contributed by atoms with Gasteiger partial charge in [-0.05, 0) is 18.2 Å². The lowest BCUT2D eigenvalue weighted by Crippen LogP contribution is -2.22. The SMILES string of the molecule is O=S(=O)(NCc1ccoc1)c1ccc(CO)o1. The van der Waals surface area contributed by atoms with E-state index in [2.05, 4.69) is 4.72 Å². The Hall–Kier alpha value is -1.57. The van der Waals surface area contributed by atoms with Gasteiger partial charge in [0, 0.05) is 12.1 Å². The second-order valence-electron chi connectivity index (χ2n) is 3.34. The van der Waals surface area contributed by atoms with E-state index in [4.69, 9.17) is 13.9 Å². The van der Waals surface area contributed by atoms with Gasteiger partial charge in [-0.1, -0.05) is 0 Å². The van der Waals surface area contributed by atoms with Crippen molar-refractivity contribution in [1.82, 2.24) is 4.72 Å². The maximum atomic E-state index is 11.7. The lowest BCUT2D eigenvalue weighted by Gasteiger charge is -2.01. The summed E-state index contributed by atoms with van der Waals surface area (Å²) in [5.41, 5.74) is 0.711. The number of hydrogen-bond donors (Lipinski definition) is 2. The van der Waals surface area contributed by atoms with Crippen molar-refractivity contribution in [2.24, 2.45) is 0 Å². The Bertz CT molecular complexity index is 570. The van der Waals surface area contributed by atoms with Crippen LogP contribution >= 0.6 is 0 Å². The molecule has 0 bridgehead atoms. The topological polar surface area (TPSA) is 92.7 Å². The van der Waals surface area contributed by atoms with Crippen molar-refractivity contribution < 1.29 is 22.4 Å². The van der Waals surface area contributed by atoms with Gasteiger partial charge in [-0.15, -0.1) is 0 Å². The molecule has 2 N–H and O–H groups in total. The van der Waals surface area contributed by atoms with Gasteiger partial charge in [0.2, 0.25) is 5.09 Å². The van der Waals surface area contributed by atoms with E-state index in [0.717, 1.165) is 0 Å². The van der Waals surface area contributed by atoms with Crippen LogP contribution < -0.4 is 4.72 Å². The van der Waals surface area contributed by atoms with Crippen LogP contribution in [-0.2, 0) is 23.2 Å². The van der Waals surface area contributed by atoms with E-state index in [1.165, 1.54) is 24.7 Å². The van der Waals surface area contributed by atoms with E-state index in [-0.39, 0.29) is 24.0 Å². The Morgan fingerprint density at radius 1 is 1.29 bits per heavy atom. The fourth-order valence-electron chi connectivity index (χ4n) is 1.23. The van der Waals surface area contributed by atoms with Crippen molar-refractivity contribution in [1.29, 1.82) is 0 Å². The van der Waals surface area contributed by atoms with Crippen LogP contribution in [0.25, 0.3) is 0 Å². The van der Waals surface area contributed by atoms with Gasteiger partial charge in [0.25, 0.3) is 10.0 Å². The Balaban J connectivity index is 2.08. The molecule has 0 aromatic carbocycles. The quantitative estimate of drug-likeness (QED) is 0.828. The Labute approximate surface area is 97.9 Å². The normalized spacial score (nSPS) is 11.8. The first kappa shape index (κ1) is 11.9. The van der Waals surface area contributed by atoms with Crippen molar-refractivity contribution in [3.63, 3.8) is 0 Å². The molecule has 0 aliphatic heterocycles. The number of rotatable bonds is 5. The lowest BCUT2D eigenvalue weighted by molar-refractivity contribution is 0.236. The van der Waals surface area contributed by atoms with E-state index in [1.807, 2.05) is 0 Å². The molecule has 0 unspecified atom stereocenters. The predicted octanol–water partition coefficient (Wildman–Crippen LogP) is 0.843. The molecule has 7 heteroatoms. The van der Waals surface area contributed by atoms with Crippen molar-refractivity contribution in [2.45, 2.75) is 18.2 Å². The molecule has 92 valence electrons. The maximum Gasteiger partial charge on any atom is 0.274 e. The second kappa shape index (κ2) is 4.74. The van der Waals surface area contributed by atoms with Crippen molar-refractivity contribution in [3.8, 4) is 0 Å². The molecule has 0 amide bonds. The van der Waals surface area contributed by atoms with Gasteiger partial charge in [0.15, 0.2) is 0 Å². The minimum Gasteiger partial charge on any atom is -0.472 e. The summed E-state index contributed by atoms with van der Waals surface area (Å²) in [4.78, 5) is 0. The molecule has 0 aliphatic rings. The molecule has 0 atom stereocenters. The first-order chi connectivity index (χ1) is 8.12. The number of aliphatic hydroxyl groups excluding tert-OH is 1. The van der Waals surface area contributed by atoms with Gasteiger partial charge in [0.05, 0.1) is 12.5 Å². The predicted molar refractivity (Wildman–Crippen MR) is 57.4 cm³/mol. The molecule has 0 fully saturated rings. The molecular formula is C10H11NO5S. The molecule has 0 saturated heterocycles. The fourth-order valence-corrected chi connectivity index (χ4v) is 2.19. The van der Waals surface area contributed by atoms with Gasteiger partial charge in [0.1, 0.15) is 12.4 Å². The number of aliphatic hydroxyl groups is 1. The highest BCUT2D eigenvalue weighted by molar-refractivity contribution is 7.89. The maximum absolute atomic E-state index is 11.7. The molecule has 2 rings (SSSR count). The Morgan fingerprint density at radius 2 is 2.12 bits per heavy atom.